The first-order valence-electron chi connectivity index (χ1n) is 5.30. The SMILES string of the molecule is O=C1CCCn2c1nc1ccccc1c2=O. The number of carbonyl (C=O) groups is 1. The summed E-state index contributed by atoms with van der Waals surface area (Å²) >= 11 is 0. The summed E-state index contributed by atoms with van der Waals surface area (Å²) in [6, 6.07) is 7.14. The number of nitrogens with zero attached hydrogens (tertiary/aromatic N) is 2. The van der Waals surface area contributed by atoms with Crippen LogP contribution in [0.15, 0.2) is 29.1 Å². The van der Waals surface area contributed by atoms with Crippen molar-refractivity contribution in [3.8, 4) is 0 Å². The van der Waals surface area contributed by atoms with Crippen LogP contribution in [-0.4, -0.2) is 15.3 Å². The molecule has 0 radical (unpaired) electrons. The van der Waals surface area contributed by atoms with Gasteiger partial charge in [-0.3, -0.25) is 14.2 Å². The molecule has 0 N–H and O–H groups in total. The fraction of sp³-hybridized carbons (Fsp3) is 0.250. The van der Waals surface area contributed by atoms with Crippen molar-refractivity contribution >= 4 is 16.7 Å². The van der Waals surface area contributed by atoms with E-state index < -0.39 is 0 Å². The third-order valence-electron chi connectivity index (χ3n) is 2.90. The number of benzene rings is 1. The van der Waals surface area contributed by atoms with Gasteiger partial charge in [0.2, 0.25) is 0 Å². The predicted molar refractivity (Wildman–Crippen MR) is 59.6 cm³/mol. The van der Waals surface area contributed by atoms with E-state index >= 15 is 0 Å². The molecule has 2 heterocycles. The summed E-state index contributed by atoms with van der Waals surface area (Å²) in [6.45, 7) is 0.595. The third kappa shape index (κ3) is 1.19. The summed E-state index contributed by atoms with van der Waals surface area (Å²) in [5.74, 6) is 0.282. The molecule has 0 saturated heterocycles. The van der Waals surface area contributed by atoms with E-state index in [2.05, 4.69) is 4.98 Å². The normalized spacial score (nSPS) is 15.1. The molecule has 80 valence electrons. The number of rotatable bonds is 0. The summed E-state index contributed by atoms with van der Waals surface area (Å²) in [4.78, 5) is 28.0. The van der Waals surface area contributed by atoms with Crippen molar-refractivity contribution in [2.45, 2.75) is 19.4 Å². The summed E-state index contributed by atoms with van der Waals surface area (Å²) in [5, 5.41) is 0.584. The molecule has 0 aliphatic carbocycles. The molecule has 2 aromatic rings. The molecule has 1 aliphatic heterocycles. The van der Waals surface area contributed by atoms with Crippen molar-refractivity contribution in [1.82, 2.24) is 9.55 Å². The van der Waals surface area contributed by atoms with Crippen molar-refractivity contribution in [2.75, 3.05) is 0 Å². The van der Waals surface area contributed by atoms with Gasteiger partial charge in [-0.1, -0.05) is 12.1 Å². The van der Waals surface area contributed by atoms with Gasteiger partial charge in [0.15, 0.2) is 11.6 Å². The average Bonchev–Trinajstić information content (AvgIpc) is 2.31. The standard InChI is InChI=1S/C12H10N2O2/c15-10-6-3-7-14-11(10)13-9-5-2-1-4-8(9)12(14)16/h1-2,4-5H,3,6-7H2. The van der Waals surface area contributed by atoms with E-state index in [1.54, 1.807) is 12.1 Å². The van der Waals surface area contributed by atoms with E-state index in [4.69, 9.17) is 0 Å². The molecule has 0 spiro atoms. The fourth-order valence-electron chi connectivity index (χ4n) is 2.10. The molecule has 3 rings (SSSR count). The van der Waals surface area contributed by atoms with Gasteiger partial charge in [-0.15, -0.1) is 0 Å². The zero-order chi connectivity index (χ0) is 11.1. The highest BCUT2D eigenvalue weighted by Crippen LogP contribution is 2.14. The first-order valence-corrected chi connectivity index (χ1v) is 5.30. The molecule has 4 nitrogen and oxygen atoms in total. The highest BCUT2D eigenvalue weighted by molar-refractivity contribution is 5.95. The summed E-state index contributed by atoms with van der Waals surface area (Å²) in [6.07, 6.45) is 1.22. The van der Waals surface area contributed by atoms with Crippen molar-refractivity contribution < 1.29 is 4.79 Å². The molecule has 4 heteroatoms. The van der Waals surface area contributed by atoms with Crippen molar-refractivity contribution in [1.29, 1.82) is 0 Å². The molecule has 0 atom stereocenters. The minimum atomic E-state index is -0.103. The molecular formula is C12H10N2O2. The number of para-hydroxylation sites is 1. The lowest BCUT2D eigenvalue weighted by Crippen LogP contribution is -2.31. The van der Waals surface area contributed by atoms with Gasteiger partial charge < -0.3 is 0 Å². The summed E-state index contributed by atoms with van der Waals surface area (Å²) in [5.41, 5.74) is 0.502. The molecule has 0 unspecified atom stereocenters. The number of hydrogen-bond acceptors (Lipinski definition) is 3. The van der Waals surface area contributed by atoms with Gasteiger partial charge in [-0.2, -0.15) is 0 Å². The highest BCUT2D eigenvalue weighted by atomic mass is 16.1. The van der Waals surface area contributed by atoms with E-state index in [0.29, 0.717) is 29.7 Å². The smallest absolute Gasteiger partial charge is 0.261 e. The van der Waals surface area contributed by atoms with E-state index in [1.807, 2.05) is 12.1 Å². The minimum absolute atomic E-state index is 0.0332. The van der Waals surface area contributed by atoms with Crippen LogP contribution in [0.25, 0.3) is 10.9 Å². The maximum atomic E-state index is 12.1. The molecule has 0 fully saturated rings. The van der Waals surface area contributed by atoms with Gasteiger partial charge in [-0.25, -0.2) is 4.98 Å². The third-order valence-corrected chi connectivity index (χ3v) is 2.90. The van der Waals surface area contributed by atoms with Crippen LogP contribution in [0.1, 0.15) is 23.5 Å². The van der Waals surface area contributed by atoms with E-state index in [1.165, 1.54) is 4.57 Å². The predicted octanol–water partition coefficient (Wildman–Crippen LogP) is 1.37. The van der Waals surface area contributed by atoms with Crippen LogP contribution in [0.2, 0.25) is 0 Å². The Labute approximate surface area is 91.5 Å². The van der Waals surface area contributed by atoms with E-state index in [9.17, 15) is 9.59 Å². The van der Waals surface area contributed by atoms with Crippen molar-refractivity contribution in [2.24, 2.45) is 0 Å². The maximum absolute atomic E-state index is 12.1. The average molecular weight is 214 g/mol. The van der Waals surface area contributed by atoms with Gasteiger partial charge in [0.25, 0.3) is 5.56 Å². The van der Waals surface area contributed by atoms with E-state index in [-0.39, 0.29) is 11.3 Å². The monoisotopic (exact) mass is 214 g/mol. The molecule has 1 aromatic carbocycles. The zero-order valence-corrected chi connectivity index (χ0v) is 8.64. The number of Topliss-reactive ketones (excluding diaryl/α,β-unsaturated/α-hetero) is 1. The minimum Gasteiger partial charge on any atom is -0.291 e. The van der Waals surface area contributed by atoms with Crippen molar-refractivity contribution in [3.63, 3.8) is 0 Å². The van der Waals surface area contributed by atoms with Crippen LogP contribution in [0.5, 0.6) is 0 Å². The fourth-order valence-corrected chi connectivity index (χ4v) is 2.10. The van der Waals surface area contributed by atoms with Crippen LogP contribution in [0.4, 0.5) is 0 Å². The largest absolute Gasteiger partial charge is 0.291 e. The molecule has 0 bridgehead atoms. The maximum Gasteiger partial charge on any atom is 0.261 e. The Balaban J connectivity index is 2.45. The van der Waals surface area contributed by atoms with Gasteiger partial charge in [0.05, 0.1) is 10.9 Å². The second kappa shape index (κ2) is 3.27. The Morgan fingerprint density at radius 2 is 2.00 bits per heavy atom. The Hall–Kier alpha value is -1.97. The second-order valence-electron chi connectivity index (χ2n) is 3.94. The van der Waals surface area contributed by atoms with E-state index in [0.717, 1.165) is 6.42 Å². The first kappa shape index (κ1) is 9.27. The number of ketones is 1. The lowest BCUT2D eigenvalue weighted by atomic mass is 10.1. The second-order valence-corrected chi connectivity index (χ2v) is 3.94. The first-order chi connectivity index (χ1) is 7.77. The lowest BCUT2D eigenvalue weighted by Gasteiger charge is -2.16. The Bertz CT molecular complexity index is 643. The quantitative estimate of drug-likeness (QED) is 0.665. The molecule has 0 amide bonds. The van der Waals surface area contributed by atoms with Crippen LogP contribution < -0.4 is 5.56 Å². The van der Waals surface area contributed by atoms with Crippen LogP contribution >= 0.6 is 0 Å². The van der Waals surface area contributed by atoms with Gasteiger partial charge in [-0.05, 0) is 18.6 Å². The Kier molecular flexibility index (Phi) is 1.89. The highest BCUT2D eigenvalue weighted by Gasteiger charge is 2.20. The molecule has 1 aliphatic rings. The van der Waals surface area contributed by atoms with Crippen molar-refractivity contribution in [3.05, 3.63) is 40.4 Å². The molecule has 16 heavy (non-hydrogen) atoms. The number of aromatic nitrogens is 2. The van der Waals surface area contributed by atoms with Crippen LogP contribution in [0.3, 0.4) is 0 Å². The topological polar surface area (TPSA) is 52.0 Å². The number of hydrogen-bond donors (Lipinski definition) is 0. The number of carbonyl (C=O) groups excluding carboxylic acids is 1. The molecule has 0 saturated carbocycles. The molecular weight excluding hydrogens is 204 g/mol. The van der Waals surface area contributed by atoms with Gasteiger partial charge >= 0.3 is 0 Å². The summed E-state index contributed by atoms with van der Waals surface area (Å²) in [7, 11) is 0. The lowest BCUT2D eigenvalue weighted by molar-refractivity contribution is 0.0946. The van der Waals surface area contributed by atoms with Crippen LogP contribution in [0, 0.1) is 0 Å². The molecule has 1 aromatic heterocycles. The zero-order valence-electron chi connectivity index (χ0n) is 8.64. The Morgan fingerprint density at radius 3 is 2.88 bits per heavy atom. The summed E-state index contributed by atoms with van der Waals surface area (Å²) < 4.78 is 1.49. The van der Waals surface area contributed by atoms with Gasteiger partial charge in [0, 0.05) is 13.0 Å². The number of fused-ring (bicyclic) bond motifs is 2. The van der Waals surface area contributed by atoms with Gasteiger partial charge in [0.1, 0.15) is 0 Å². The Morgan fingerprint density at radius 1 is 1.19 bits per heavy atom. The van der Waals surface area contributed by atoms with Crippen LogP contribution in [-0.2, 0) is 6.54 Å².